The van der Waals surface area contributed by atoms with E-state index >= 15 is 0 Å². The van der Waals surface area contributed by atoms with Crippen LogP contribution in [-0.4, -0.2) is 34.6 Å². The van der Waals surface area contributed by atoms with Crippen LogP contribution in [0.15, 0.2) is 47.3 Å². The van der Waals surface area contributed by atoms with Gasteiger partial charge in [0.05, 0.1) is 5.69 Å². The molecule has 2 aliphatic rings. The average molecular weight is 389 g/mol. The van der Waals surface area contributed by atoms with E-state index in [9.17, 15) is 4.79 Å². The van der Waals surface area contributed by atoms with Gasteiger partial charge in [-0.1, -0.05) is 35.9 Å². The molecule has 0 spiro atoms. The summed E-state index contributed by atoms with van der Waals surface area (Å²) in [6, 6.07) is 14.1. The molecule has 0 saturated heterocycles. The lowest BCUT2D eigenvalue weighted by Crippen LogP contribution is -2.35. The second-order valence-corrected chi connectivity index (χ2v) is 7.64. The SMILES string of the molecule is Cc1ccc(-c2nc3c(c(=O)[nH]2)CCN(Cc2ccc4c(c2)OCCO4)C3)cc1. The van der Waals surface area contributed by atoms with Crippen molar-refractivity contribution in [3.8, 4) is 22.9 Å². The van der Waals surface area contributed by atoms with Crippen molar-refractivity contribution in [2.45, 2.75) is 26.4 Å². The molecule has 6 heteroatoms. The summed E-state index contributed by atoms with van der Waals surface area (Å²) < 4.78 is 11.3. The van der Waals surface area contributed by atoms with Gasteiger partial charge in [-0.25, -0.2) is 4.98 Å². The lowest BCUT2D eigenvalue weighted by molar-refractivity contribution is 0.171. The quantitative estimate of drug-likeness (QED) is 0.746. The largest absolute Gasteiger partial charge is 0.486 e. The number of fused-ring (bicyclic) bond motifs is 2. The fourth-order valence-corrected chi connectivity index (χ4v) is 3.92. The Labute approximate surface area is 169 Å². The van der Waals surface area contributed by atoms with Crippen molar-refractivity contribution in [1.29, 1.82) is 0 Å². The van der Waals surface area contributed by atoms with Crippen LogP contribution in [0, 0.1) is 6.92 Å². The van der Waals surface area contributed by atoms with Gasteiger partial charge >= 0.3 is 0 Å². The Morgan fingerprint density at radius 2 is 1.86 bits per heavy atom. The minimum Gasteiger partial charge on any atom is -0.486 e. The summed E-state index contributed by atoms with van der Waals surface area (Å²) in [6.45, 7) is 5.50. The number of rotatable bonds is 3. The number of aromatic nitrogens is 2. The molecule has 2 aromatic carbocycles. The van der Waals surface area contributed by atoms with Gasteiger partial charge in [-0.05, 0) is 31.0 Å². The smallest absolute Gasteiger partial charge is 0.254 e. The second kappa shape index (κ2) is 7.37. The number of benzene rings is 2. The highest BCUT2D eigenvalue weighted by molar-refractivity contribution is 5.55. The van der Waals surface area contributed by atoms with E-state index in [-0.39, 0.29) is 5.56 Å². The normalized spacial score (nSPS) is 15.8. The van der Waals surface area contributed by atoms with Crippen LogP contribution in [0.2, 0.25) is 0 Å². The minimum absolute atomic E-state index is 0.0236. The fraction of sp³-hybridized carbons (Fsp3) is 0.304. The molecule has 29 heavy (non-hydrogen) atoms. The second-order valence-electron chi connectivity index (χ2n) is 7.64. The Balaban J connectivity index is 1.38. The highest BCUT2D eigenvalue weighted by Gasteiger charge is 2.22. The molecule has 1 N–H and O–H groups in total. The van der Waals surface area contributed by atoms with Crippen LogP contribution in [-0.2, 0) is 19.5 Å². The zero-order valence-electron chi connectivity index (χ0n) is 16.4. The first kappa shape index (κ1) is 17.9. The molecule has 0 radical (unpaired) electrons. The third kappa shape index (κ3) is 3.63. The van der Waals surface area contributed by atoms with Gasteiger partial charge in [0.15, 0.2) is 11.5 Å². The molecule has 5 rings (SSSR count). The van der Waals surface area contributed by atoms with Gasteiger partial charge in [0, 0.05) is 30.8 Å². The molecule has 0 amide bonds. The molecule has 3 heterocycles. The first-order chi connectivity index (χ1) is 14.2. The lowest BCUT2D eigenvalue weighted by Gasteiger charge is -2.28. The van der Waals surface area contributed by atoms with E-state index in [4.69, 9.17) is 14.5 Å². The maximum atomic E-state index is 12.6. The molecule has 0 bridgehead atoms. The van der Waals surface area contributed by atoms with E-state index in [0.29, 0.717) is 32.0 Å². The molecule has 0 fully saturated rings. The van der Waals surface area contributed by atoms with Crippen molar-refractivity contribution in [2.75, 3.05) is 19.8 Å². The van der Waals surface area contributed by atoms with E-state index in [2.05, 4.69) is 16.0 Å². The molecular formula is C23H23N3O3. The lowest BCUT2D eigenvalue weighted by atomic mass is 10.0. The summed E-state index contributed by atoms with van der Waals surface area (Å²) in [5, 5.41) is 0. The van der Waals surface area contributed by atoms with Gasteiger partial charge < -0.3 is 14.5 Å². The van der Waals surface area contributed by atoms with E-state index in [1.807, 2.05) is 43.3 Å². The molecule has 0 unspecified atom stereocenters. The molecule has 1 aromatic heterocycles. The van der Waals surface area contributed by atoms with Crippen LogP contribution < -0.4 is 15.0 Å². The van der Waals surface area contributed by atoms with Crippen molar-refractivity contribution < 1.29 is 9.47 Å². The highest BCUT2D eigenvalue weighted by Crippen LogP contribution is 2.31. The molecule has 0 atom stereocenters. The Hall–Kier alpha value is -3.12. The third-order valence-electron chi connectivity index (χ3n) is 5.49. The zero-order chi connectivity index (χ0) is 19.8. The Kier molecular flexibility index (Phi) is 4.56. The maximum absolute atomic E-state index is 12.6. The van der Waals surface area contributed by atoms with Gasteiger partial charge in [0.2, 0.25) is 0 Å². The van der Waals surface area contributed by atoms with Crippen molar-refractivity contribution in [3.63, 3.8) is 0 Å². The monoisotopic (exact) mass is 389 g/mol. The van der Waals surface area contributed by atoms with E-state index in [1.165, 1.54) is 11.1 Å². The summed E-state index contributed by atoms with van der Waals surface area (Å²) in [7, 11) is 0. The Morgan fingerprint density at radius 1 is 1.07 bits per heavy atom. The molecule has 6 nitrogen and oxygen atoms in total. The highest BCUT2D eigenvalue weighted by atomic mass is 16.6. The predicted molar refractivity (Wildman–Crippen MR) is 110 cm³/mol. The molecule has 2 aliphatic heterocycles. The molecular weight excluding hydrogens is 366 g/mol. The third-order valence-corrected chi connectivity index (χ3v) is 5.49. The Morgan fingerprint density at radius 3 is 2.69 bits per heavy atom. The van der Waals surface area contributed by atoms with Gasteiger partial charge in [-0.2, -0.15) is 0 Å². The van der Waals surface area contributed by atoms with Gasteiger partial charge in [0.1, 0.15) is 19.0 Å². The first-order valence-electron chi connectivity index (χ1n) is 9.96. The standard InChI is InChI=1S/C23H23N3O3/c1-15-2-5-17(6-3-15)22-24-19-14-26(9-8-18(19)23(27)25-22)13-16-4-7-20-21(12-16)29-11-10-28-20/h2-7,12H,8-11,13-14H2,1H3,(H,24,25,27). The maximum Gasteiger partial charge on any atom is 0.254 e. The molecule has 0 saturated carbocycles. The van der Waals surface area contributed by atoms with Crippen LogP contribution in [0.1, 0.15) is 22.4 Å². The number of nitrogens with one attached hydrogen (secondary N) is 1. The van der Waals surface area contributed by atoms with E-state index in [0.717, 1.165) is 41.4 Å². The summed E-state index contributed by atoms with van der Waals surface area (Å²) in [6.07, 6.45) is 0.705. The van der Waals surface area contributed by atoms with Crippen molar-refractivity contribution in [3.05, 3.63) is 75.2 Å². The first-order valence-corrected chi connectivity index (χ1v) is 9.96. The number of aryl methyl sites for hydroxylation is 1. The topological polar surface area (TPSA) is 67.5 Å². The number of aromatic amines is 1. The van der Waals surface area contributed by atoms with Gasteiger partial charge in [-0.3, -0.25) is 9.69 Å². The molecule has 148 valence electrons. The summed E-state index contributed by atoms with van der Waals surface area (Å²) in [5.74, 6) is 2.25. The summed E-state index contributed by atoms with van der Waals surface area (Å²) >= 11 is 0. The van der Waals surface area contributed by atoms with Crippen molar-refractivity contribution in [2.24, 2.45) is 0 Å². The number of hydrogen-bond acceptors (Lipinski definition) is 5. The number of ether oxygens (including phenoxy) is 2. The van der Waals surface area contributed by atoms with E-state index in [1.54, 1.807) is 0 Å². The van der Waals surface area contributed by atoms with Gasteiger partial charge in [-0.15, -0.1) is 0 Å². The van der Waals surface area contributed by atoms with Gasteiger partial charge in [0.25, 0.3) is 5.56 Å². The minimum atomic E-state index is -0.0236. The zero-order valence-corrected chi connectivity index (χ0v) is 16.4. The van der Waals surface area contributed by atoms with Crippen LogP contribution >= 0.6 is 0 Å². The number of hydrogen-bond donors (Lipinski definition) is 1. The Bertz CT molecular complexity index is 1110. The van der Waals surface area contributed by atoms with Crippen molar-refractivity contribution in [1.82, 2.24) is 14.9 Å². The number of nitrogens with zero attached hydrogens (tertiary/aromatic N) is 2. The molecule has 0 aliphatic carbocycles. The predicted octanol–water partition coefficient (Wildman–Crippen LogP) is 3.07. The van der Waals surface area contributed by atoms with E-state index < -0.39 is 0 Å². The fourth-order valence-electron chi connectivity index (χ4n) is 3.92. The average Bonchev–Trinajstić information content (AvgIpc) is 2.74. The van der Waals surface area contributed by atoms with Crippen LogP contribution in [0.25, 0.3) is 11.4 Å². The molecule has 3 aromatic rings. The van der Waals surface area contributed by atoms with Crippen molar-refractivity contribution >= 4 is 0 Å². The summed E-state index contributed by atoms with van der Waals surface area (Å²) in [5.41, 5.74) is 4.93. The number of H-pyrrole nitrogens is 1. The summed E-state index contributed by atoms with van der Waals surface area (Å²) in [4.78, 5) is 22.7. The van der Waals surface area contributed by atoms with Crippen LogP contribution in [0.5, 0.6) is 11.5 Å². The van der Waals surface area contributed by atoms with Crippen LogP contribution in [0.4, 0.5) is 0 Å². The van der Waals surface area contributed by atoms with Crippen LogP contribution in [0.3, 0.4) is 0 Å².